The fourth-order valence-electron chi connectivity index (χ4n) is 1.80. The van der Waals surface area contributed by atoms with Gasteiger partial charge in [-0.3, -0.25) is 0 Å². The first-order valence-electron chi connectivity index (χ1n) is 4.98. The Bertz CT molecular complexity index is 263. The van der Waals surface area contributed by atoms with Crippen molar-refractivity contribution in [2.24, 2.45) is 5.92 Å². The third-order valence-corrected chi connectivity index (χ3v) is 2.52. The van der Waals surface area contributed by atoms with E-state index in [1.807, 2.05) is 0 Å². The minimum absolute atomic E-state index is 0.326. The smallest absolute Gasteiger partial charge is 0.263 e. The molecule has 14 heavy (non-hydrogen) atoms. The molecule has 6 nitrogen and oxygen atoms in total. The fourth-order valence-corrected chi connectivity index (χ4v) is 1.80. The lowest BCUT2D eigenvalue weighted by atomic mass is 9.98. The van der Waals surface area contributed by atoms with Crippen LogP contribution in [0.15, 0.2) is 0 Å². The van der Waals surface area contributed by atoms with Gasteiger partial charge in [-0.15, -0.1) is 5.10 Å². The predicted molar refractivity (Wildman–Crippen MR) is 50.8 cm³/mol. The second-order valence-corrected chi connectivity index (χ2v) is 3.57. The molecule has 0 aromatic carbocycles. The van der Waals surface area contributed by atoms with Crippen LogP contribution in [0.2, 0.25) is 0 Å². The number of nitrogens with zero attached hydrogens (tertiary/aromatic N) is 3. The highest BCUT2D eigenvalue weighted by Crippen LogP contribution is 2.21. The number of tetrazole rings is 1. The molecule has 2 rings (SSSR count). The second-order valence-electron chi connectivity index (χ2n) is 3.57. The highest BCUT2D eigenvalue weighted by molar-refractivity contribution is 5.22. The van der Waals surface area contributed by atoms with E-state index in [-0.39, 0.29) is 0 Å². The summed E-state index contributed by atoms with van der Waals surface area (Å²) in [5.74, 6) is 1.13. The van der Waals surface area contributed by atoms with Gasteiger partial charge in [0, 0.05) is 5.92 Å². The van der Waals surface area contributed by atoms with Gasteiger partial charge >= 0.3 is 0 Å². The van der Waals surface area contributed by atoms with Crippen molar-refractivity contribution in [2.45, 2.75) is 25.8 Å². The number of ether oxygens (including phenoxy) is 1. The zero-order valence-electron chi connectivity index (χ0n) is 8.23. The maximum absolute atomic E-state index is 5.42. The summed E-state index contributed by atoms with van der Waals surface area (Å²) in [6.07, 6.45) is 2.36. The molecular formula is C8H15N5O. The van der Waals surface area contributed by atoms with Crippen molar-refractivity contribution in [3.8, 4) is 0 Å². The van der Waals surface area contributed by atoms with Crippen molar-refractivity contribution < 1.29 is 4.74 Å². The van der Waals surface area contributed by atoms with Crippen molar-refractivity contribution in [1.82, 2.24) is 20.6 Å². The SMILES string of the molecule is CCCC1COCC1Nc1nn[nH]n1. The van der Waals surface area contributed by atoms with Crippen molar-refractivity contribution >= 4 is 5.95 Å². The molecule has 0 spiro atoms. The summed E-state index contributed by atoms with van der Waals surface area (Å²) < 4.78 is 5.42. The molecule has 1 saturated heterocycles. The molecule has 1 aromatic rings. The fraction of sp³-hybridized carbons (Fsp3) is 0.875. The molecule has 78 valence electrons. The summed E-state index contributed by atoms with van der Waals surface area (Å²) in [6.45, 7) is 3.76. The Morgan fingerprint density at radius 2 is 2.50 bits per heavy atom. The van der Waals surface area contributed by atoms with Gasteiger partial charge in [0.2, 0.25) is 0 Å². The maximum Gasteiger partial charge on any atom is 0.263 e. The molecule has 0 saturated carbocycles. The Kier molecular flexibility index (Phi) is 2.93. The zero-order chi connectivity index (χ0) is 9.80. The van der Waals surface area contributed by atoms with Gasteiger partial charge in [-0.05, 0) is 11.6 Å². The number of aromatic amines is 1. The number of aromatic nitrogens is 4. The van der Waals surface area contributed by atoms with Crippen LogP contribution in [0.5, 0.6) is 0 Å². The first-order valence-corrected chi connectivity index (χ1v) is 4.98. The number of rotatable bonds is 4. The van der Waals surface area contributed by atoms with Gasteiger partial charge in [-0.2, -0.15) is 5.21 Å². The molecule has 2 unspecified atom stereocenters. The molecular weight excluding hydrogens is 182 g/mol. The van der Waals surface area contributed by atoms with Gasteiger partial charge < -0.3 is 10.1 Å². The molecule has 0 radical (unpaired) electrons. The summed E-state index contributed by atoms with van der Waals surface area (Å²) in [4.78, 5) is 0. The number of anilines is 1. The minimum atomic E-state index is 0.326. The van der Waals surface area contributed by atoms with Crippen molar-refractivity contribution in [2.75, 3.05) is 18.5 Å². The van der Waals surface area contributed by atoms with E-state index in [1.54, 1.807) is 0 Å². The Morgan fingerprint density at radius 3 is 3.21 bits per heavy atom. The summed E-state index contributed by atoms with van der Waals surface area (Å²) >= 11 is 0. The predicted octanol–water partition coefficient (Wildman–Crippen LogP) is 0.427. The third kappa shape index (κ3) is 2.01. The number of H-pyrrole nitrogens is 1. The summed E-state index contributed by atoms with van der Waals surface area (Å²) in [7, 11) is 0. The zero-order valence-corrected chi connectivity index (χ0v) is 8.23. The Hall–Kier alpha value is -1.17. The highest BCUT2D eigenvalue weighted by atomic mass is 16.5. The van der Waals surface area contributed by atoms with Crippen molar-refractivity contribution in [3.05, 3.63) is 0 Å². The maximum atomic E-state index is 5.42. The Morgan fingerprint density at radius 1 is 1.57 bits per heavy atom. The Balaban J connectivity index is 1.90. The van der Waals surface area contributed by atoms with Crippen molar-refractivity contribution in [1.29, 1.82) is 0 Å². The van der Waals surface area contributed by atoms with Crippen LogP contribution >= 0.6 is 0 Å². The molecule has 2 N–H and O–H groups in total. The number of hydrogen-bond donors (Lipinski definition) is 2. The summed E-state index contributed by atoms with van der Waals surface area (Å²) in [5, 5.41) is 16.8. The van der Waals surface area contributed by atoms with Crippen LogP contribution in [0.1, 0.15) is 19.8 Å². The lowest BCUT2D eigenvalue weighted by molar-refractivity contribution is 0.183. The molecule has 0 aliphatic carbocycles. The molecule has 0 amide bonds. The van der Waals surface area contributed by atoms with E-state index in [9.17, 15) is 0 Å². The Labute approximate surface area is 82.4 Å². The molecule has 1 aliphatic rings. The van der Waals surface area contributed by atoms with Gasteiger partial charge in [0.05, 0.1) is 19.3 Å². The van der Waals surface area contributed by atoms with E-state index in [0.717, 1.165) is 13.2 Å². The lowest BCUT2D eigenvalue weighted by Gasteiger charge is -2.16. The quantitative estimate of drug-likeness (QED) is 0.732. The van der Waals surface area contributed by atoms with E-state index in [2.05, 4.69) is 32.9 Å². The topological polar surface area (TPSA) is 75.7 Å². The first kappa shape index (κ1) is 9.39. The molecule has 6 heteroatoms. The van der Waals surface area contributed by atoms with Crippen molar-refractivity contribution in [3.63, 3.8) is 0 Å². The van der Waals surface area contributed by atoms with Crippen LogP contribution in [0.25, 0.3) is 0 Å². The standard InChI is InChI=1S/C8H15N5O/c1-2-3-6-4-14-5-7(6)9-8-10-12-13-11-8/h6-7H,2-5H2,1H3,(H2,9,10,11,12,13). The van der Waals surface area contributed by atoms with Crippen LogP contribution in [-0.4, -0.2) is 39.9 Å². The van der Waals surface area contributed by atoms with Gasteiger partial charge in [0.1, 0.15) is 0 Å². The lowest BCUT2D eigenvalue weighted by Crippen LogP contribution is -2.28. The molecule has 2 heterocycles. The normalized spacial score (nSPS) is 26.6. The monoisotopic (exact) mass is 197 g/mol. The van der Waals surface area contributed by atoms with Crippen LogP contribution in [-0.2, 0) is 4.74 Å². The largest absolute Gasteiger partial charge is 0.379 e. The van der Waals surface area contributed by atoms with E-state index >= 15 is 0 Å². The van der Waals surface area contributed by atoms with E-state index in [1.165, 1.54) is 12.8 Å². The number of nitrogens with one attached hydrogen (secondary N) is 2. The van der Waals surface area contributed by atoms with E-state index in [4.69, 9.17) is 4.74 Å². The van der Waals surface area contributed by atoms with Gasteiger partial charge in [0.25, 0.3) is 5.95 Å². The average molecular weight is 197 g/mol. The van der Waals surface area contributed by atoms with E-state index < -0.39 is 0 Å². The van der Waals surface area contributed by atoms with Crippen LogP contribution in [0.3, 0.4) is 0 Å². The second kappa shape index (κ2) is 4.36. The molecule has 1 aliphatic heterocycles. The van der Waals surface area contributed by atoms with Gasteiger partial charge in [0.15, 0.2) is 0 Å². The highest BCUT2D eigenvalue weighted by Gasteiger charge is 2.27. The average Bonchev–Trinajstić information content (AvgIpc) is 2.80. The number of hydrogen-bond acceptors (Lipinski definition) is 5. The van der Waals surface area contributed by atoms with Gasteiger partial charge in [-0.1, -0.05) is 18.4 Å². The molecule has 2 atom stereocenters. The minimum Gasteiger partial charge on any atom is -0.379 e. The van der Waals surface area contributed by atoms with Crippen LogP contribution < -0.4 is 5.32 Å². The first-order chi connectivity index (χ1) is 6.90. The summed E-state index contributed by atoms with van der Waals surface area (Å²) in [6, 6.07) is 0.326. The third-order valence-electron chi connectivity index (χ3n) is 2.52. The van der Waals surface area contributed by atoms with E-state index in [0.29, 0.717) is 17.9 Å². The van der Waals surface area contributed by atoms with Gasteiger partial charge in [-0.25, -0.2) is 0 Å². The molecule has 1 fully saturated rings. The molecule has 1 aromatic heterocycles. The van der Waals surface area contributed by atoms with Crippen LogP contribution in [0, 0.1) is 5.92 Å². The summed E-state index contributed by atoms with van der Waals surface area (Å²) in [5.41, 5.74) is 0. The molecule has 0 bridgehead atoms. The van der Waals surface area contributed by atoms with Crippen LogP contribution in [0.4, 0.5) is 5.95 Å².